The fraction of sp³-hybridized carbons (Fsp3) is 0.533. The van der Waals surface area contributed by atoms with Crippen LogP contribution in [0.3, 0.4) is 0 Å². The first-order valence-corrected chi connectivity index (χ1v) is 7.06. The van der Waals surface area contributed by atoms with Gasteiger partial charge >= 0.3 is 0 Å². The topological polar surface area (TPSA) is 17.1 Å². The zero-order valence-corrected chi connectivity index (χ0v) is 12.1. The van der Waals surface area contributed by atoms with Crippen LogP contribution in [-0.4, -0.2) is 5.78 Å². The average molecular weight is 295 g/mol. The van der Waals surface area contributed by atoms with E-state index in [1.165, 1.54) is 12.8 Å². The number of hydrogen-bond acceptors (Lipinski definition) is 1. The van der Waals surface area contributed by atoms with Gasteiger partial charge in [-0.2, -0.15) is 0 Å². The highest BCUT2D eigenvalue weighted by atomic mass is 79.9. The fourth-order valence-corrected chi connectivity index (χ4v) is 3.30. The summed E-state index contributed by atoms with van der Waals surface area (Å²) >= 11 is 3.51. The molecule has 1 aliphatic carbocycles. The molecule has 0 aliphatic heterocycles. The van der Waals surface area contributed by atoms with Gasteiger partial charge in [-0.3, -0.25) is 4.79 Å². The maximum atomic E-state index is 12.4. The van der Waals surface area contributed by atoms with Crippen molar-refractivity contribution in [1.82, 2.24) is 0 Å². The normalized spacial score (nSPS) is 22.6. The minimum Gasteiger partial charge on any atom is -0.299 e. The van der Waals surface area contributed by atoms with E-state index < -0.39 is 0 Å². The van der Waals surface area contributed by atoms with Crippen molar-refractivity contribution in [3.05, 3.63) is 34.3 Å². The van der Waals surface area contributed by atoms with Crippen LogP contribution in [0, 0.1) is 11.3 Å². The summed E-state index contributed by atoms with van der Waals surface area (Å²) in [6, 6.07) is 8.01. The maximum absolute atomic E-state index is 12.4. The van der Waals surface area contributed by atoms with Crippen LogP contribution in [0.2, 0.25) is 0 Å². The second-order valence-electron chi connectivity index (χ2n) is 5.67. The lowest BCUT2D eigenvalue weighted by molar-refractivity contribution is -0.124. The highest BCUT2D eigenvalue weighted by molar-refractivity contribution is 9.10. The van der Waals surface area contributed by atoms with E-state index >= 15 is 0 Å². The molecule has 1 atom stereocenters. The monoisotopic (exact) mass is 294 g/mol. The largest absolute Gasteiger partial charge is 0.299 e. The van der Waals surface area contributed by atoms with Gasteiger partial charge in [0.2, 0.25) is 0 Å². The summed E-state index contributed by atoms with van der Waals surface area (Å²) in [6.07, 6.45) is 4.00. The van der Waals surface area contributed by atoms with Crippen LogP contribution in [-0.2, 0) is 11.2 Å². The molecule has 0 radical (unpaired) electrons. The van der Waals surface area contributed by atoms with Gasteiger partial charge < -0.3 is 0 Å². The minimum atomic E-state index is 0.193. The Labute approximate surface area is 112 Å². The zero-order chi connectivity index (χ0) is 12.5. The number of halogens is 1. The number of carbonyl (C=O) groups excluding carboxylic acids is 1. The summed E-state index contributed by atoms with van der Waals surface area (Å²) in [5, 5.41) is 0. The molecule has 1 fully saturated rings. The van der Waals surface area contributed by atoms with Crippen molar-refractivity contribution in [3.8, 4) is 0 Å². The van der Waals surface area contributed by atoms with Gasteiger partial charge in [0.25, 0.3) is 0 Å². The lowest BCUT2D eigenvalue weighted by Gasteiger charge is -2.25. The Bertz CT molecular complexity index is 423. The molecule has 0 amide bonds. The van der Waals surface area contributed by atoms with Gasteiger partial charge in [0, 0.05) is 16.8 Å². The van der Waals surface area contributed by atoms with E-state index in [0.717, 1.165) is 16.5 Å². The number of ketones is 1. The number of rotatable bonds is 3. The standard InChI is InChI=1S/C15H19BrO/c1-15(2)9-5-7-12(15)14(17)10-11-6-3-4-8-13(11)16/h3-4,6,8,12H,5,7,9-10H2,1-2H3. The average Bonchev–Trinajstić information content (AvgIpc) is 2.61. The molecule has 92 valence electrons. The summed E-state index contributed by atoms with van der Waals surface area (Å²) < 4.78 is 1.05. The SMILES string of the molecule is CC1(C)CCCC1C(=O)Cc1ccccc1Br. The Morgan fingerprint density at radius 2 is 2.12 bits per heavy atom. The Hall–Kier alpha value is -0.630. The Kier molecular flexibility index (Phi) is 3.72. The third kappa shape index (κ3) is 2.79. The molecule has 17 heavy (non-hydrogen) atoms. The molecular weight excluding hydrogens is 276 g/mol. The van der Waals surface area contributed by atoms with Crippen molar-refractivity contribution >= 4 is 21.7 Å². The molecule has 1 saturated carbocycles. The minimum absolute atomic E-state index is 0.193. The highest BCUT2D eigenvalue weighted by Crippen LogP contribution is 2.43. The van der Waals surface area contributed by atoms with Crippen molar-refractivity contribution in [2.45, 2.75) is 39.5 Å². The zero-order valence-electron chi connectivity index (χ0n) is 10.5. The second-order valence-corrected chi connectivity index (χ2v) is 6.52. The van der Waals surface area contributed by atoms with E-state index in [-0.39, 0.29) is 11.3 Å². The molecule has 0 aromatic heterocycles. The molecule has 2 rings (SSSR count). The number of carbonyl (C=O) groups is 1. The van der Waals surface area contributed by atoms with Gasteiger partial charge in [-0.15, -0.1) is 0 Å². The maximum Gasteiger partial charge on any atom is 0.140 e. The van der Waals surface area contributed by atoms with Crippen molar-refractivity contribution in [1.29, 1.82) is 0 Å². The Morgan fingerprint density at radius 1 is 1.41 bits per heavy atom. The summed E-state index contributed by atoms with van der Waals surface area (Å²) in [5.74, 6) is 0.647. The molecule has 0 bridgehead atoms. The van der Waals surface area contributed by atoms with Gasteiger partial charge in [0.1, 0.15) is 5.78 Å². The van der Waals surface area contributed by atoms with Crippen molar-refractivity contribution < 1.29 is 4.79 Å². The first kappa shape index (κ1) is 12.8. The molecule has 2 heteroatoms. The van der Waals surface area contributed by atoms with Gasteiger partial charge in [-0.1, -0.05) is 54.4 Å². The molecule has 0 heterocycles. The van der Waals surface area contributed by atoms with Crippen molar-refractivity contribution in [3.63, 3.8) is 0 Å². The van der Waals surface area contributed by atoms with Crippen LogP contribution in [0.25, 0.3) is 0 Å². The summed E-state index contributed by atoms with van der Waals surface area (Å²) in [4.78, 5) is 12.4. The third-order valence-corrected chi connectivity index (χ3v) is 4.74. The molecule has 1 aromatic carbocycles. The molecule has 1 aromatic rings. The van der Waals surface area contributed by atoms with E-state index in [9.17, 15) is 4.79 Å². The van der Waals surface area contributed by atoms with Crippen molar-refractivity contribution in [2.75, 3.05) is 0 Å². The van der Waals surface area contributed by atoms with Crippen molar-refractivity contribution in [2.24, 2.45) is 11.3 Å². The Balaban J connectivity index is 2.10. The fourth-order valence-electron chi connectivity index (χ4n) is 2.88. The van der Waals surface area contributed by atoms with E-state index in [2.05, 4.69) is 29.8 Å². The Morgan fingerprint density at radius 3 is 2.71 bits per heavy atom. The van der Waals surface area contributed by atoms with E-state index in [0.29, 0.717) is 12.2 Å². The molecule has 1 unspecified atom stereocenters. The summed E-state index contributed by atoms with van der Waals surface area (Å²) in [5.41, 5.74) is 1.30. The van der Waals surface area contributed by atoms with Gasteiger partial charge in [-0.25, -0.2) is 0 Å². The first-order valence-electron chi connectivity index (χ1n) is 6.27. The van der Waals surface area contributed by atoms with E-state index in [4.69, 9.17) is 0 Å². The number of benzene rings is 1. The summed E-state index contributed by atoms with van der Waals surface area (Å²) in [6.45, 7) is 4.45. The van der Waals surface area contributed by atoms with Crippen LogP contribution in [0.15, 0.2) is 28.7 Å². The van der Waals surface area contributed by atoms with Gasteiger partial charge in [-0.05, 0) is 29.9 Å². The second kappa shape index (κ2) is 4.93. The highest BCUT2D eigenvalue weighted by Gasteiger charge is 2.38. The smallest absolute Gasteiger partial charge is 0.140 e. The van der Waals surface area contributed by atoms with E-state index in [1.807, 2.05) is 24.3 Å². The van der Waals surface area contributed by atoms with E-state index in [1.54, 1.807) is 0 Å². The van der Waals surface area contributed by atoms with Crippen LogP contribution in [0.1, 0.15) is 38.7 Å². The van der Waals surface area contributed by atoms with Crippen LogP contribution >= 0.6 is 15.9 Å². The van der Waals surface area contributed by atoms with Crippen LogP contribution in [0.5, 0.6) is 0 Å². The van der Waals surface area contributed by atoms with Crippen LogP contribution in [0.4, 0.5) is 0 Å². The lowest BCUT2D eigenvalue weighted by atomic mass is 9.78. The lowest BCUT2D eigenvalue weighted by Crippen LogP contribution is -2.27. The molecular formula is C15H19BrO. The van der Waals surface area contributed by atoms with Gasteiger partial charge in [0.15, 0.2) is 0 Å². The van der Waals surface area contributed by atoms with Crippen LogP contribution < -0.4 is 0 Å². The molecule has 0 N–H and O–H groups in total. The molecule has 1 nitrogen and oxygen atoms in total. The predicted molar refractivity (Wildman–Crippen MR) is 74.0 cm³/mol. The molecule has 0 saturated heterocycles. The first-order chi connectivity index (χ1) is 8.00. The van der Waals surface area contributed by atoms with Gasteiger partial charge in [0.05, 0.1) is 0 Å². The number of Topliss-reactive ketones (excluding diaryl/α,β-unsaturated/α-hetero) is 1. The summed E-state index contributed by atoms with van der Waals surface area (Å²) in [7, 11) is 0. The number of hydrogen-bond donors (Lipinski definition) is 0. The molecule has 1 aliphatic rings. The predicted octanol–water partition coefficient (Wildman–Crippen LogP) is 4.39. The molecule has 0 spiro atoms. The quantitative estimate of drug-likeness (QED) is 0.808. The third-order valence-electron chi connectivity index (χ3n) is 3.97.